The molecule has 1 aromatic heterocycles. The van der Waals surface area contributed by atoms with Gasteiger partial charge in [0.1, 0.15) is 5.75 Å². The number of amides is 1. The predicted molar refractivity (Wildman–Crippen MR) is 68.1 cm³/mol. The summed E-state index contributed by atoms with van der Waals surface area (Å²) in [6, 6.07) is 4.86. The number of hydrogen-bond acceptors (Lipinski definition) is 4. The first-order chi connectivity index (χ1) is 8.20. The van der Waals surface area contributed by atoms with Crippen LogP contribution in [0.3, 0.4) is 0 Å². The summed E-state index contributed by atoms with van der Waals surface area (Å²) in [4.78, 5) is 15.8. The van der Waals surface area contributed by atoms with E-state index in [0.29, 0.717) is 21.5 Å². The molecule has 0 fully saturated rings. The van der Waals surface area contributed by atoms with E-state index in [4.69, 9.17) is 16.3 Å². The van der Waals surface area contributed by atoms with Crippen LogP contribution in [-0.4, -0.2) is 18.0 Å². The molecule has 0 bridgehead atoms. The van der Waals surface area contributed by atoms with Gasteiger partial charge in [0.2, 0.25) is 0 Å². The molecule has 4 nitrogen and oxygen atoms in total. The van der Waals surface area contributed by atoms with Crippen LogP contribution >= 0.6 is 22.9 Å². The number of thiazole rings is 1. The smallest absolute Gasteiger partial charge is 0.257 e. The molecule has 2 rings (SSSR count). The molecule has 0 saturated carbocycles. The summed E-state index contributed by atoms with van der Waals surface area (Å²) in [7, 11) is 1.52. The SMILES string of the molecule is COc1ccc(C(=O)Nc2nccs2)cc1Cl. The van der Waals surface area contributed by atoms with Gasteiger partial charge >= 0.3 is 0 Å². The van der Waals surface area contributed by atoms with Crippen molar-refractivity contribution in [3.8, 4) is 5.75 Å². The van der Waals surface area contributed by atoms with Crippen LogP contribution in [0.15, 0.2) is 29.8 Å². The maximum atomic E-state index is 11.8. The molecule has 1 N–H and O–H groups in total. The third-order valence-electron chi connectivity index (χ3n) is 2.07. The molecule has 1 aromatic carbocycles. The second-order valence-electron chi connectivity index (χ2n) is 3.14. The normalized spacial score (nSPS) is 10.0. The van der Waals surface area contributed by atoms with Crippen molar-refractivity contribution in [1.29, 1.82) is 0 Å². The highest BCUT2D eigenvalue weighted by Gasteiger charge is 2.10. The number of hydrogen-bond donors (Lipinski definition) is 1. The molecule has 0 atom stereocenters. The number of methoxy groups -OCH3 is 1. The van der Waals surface area contributed by atoms with Gasteiger partial charge in [-0.3, -0.25) is 10.1 Å². The van der Waals surface area contributed by atoms with Gasteiger partial charge in [-0.2, -0.15) is 0 Å². The molecule has 6 heteroatoms. The first-order valence-corrected chi connectivity index (χ1v) is 6.01. The third-order valence-corrected chi connectivity index (χ3v) is 3.05. The first-order valence-electron chi connectivity index (χ1n) is 4.75. The van der Waals surface area contributed by atoms with E-state index in [-0.39, 0.29) is 5.91 Å². The third kappa shape index (κ3) is 2.75. The molecule has 1 amide bonds. The number of benzene rings is 1. The van der Waals surface area contributed by atoms with Gasteiger partial charge in [0.25, 0.3) is 5.91 Å². The summed E-state index contributed by atoms with van der Waals surface area (Å²) < 4.78 is 5.01. The fourth-order valence-electron chi connectivity index (χ4n) is 1.26. The standard InChI is InChI=1S/C11H9ClN2O2S/c1-16-9-3-2-7(6-8(9)12)10(15)14-11-13-4-5-17-11/h2-6H,1H3,(H,13,14,15). The Bertz CT molecular complexity index is 528. The molecule has 0 radical (unpaired) electrons. The number of rotatable bonds is 3. The van der Waals surface area contributed by atoms with Crippen LogP contribution in [0.25, 0.3) is 0 Å². The fraction of sp³-hybridized carbons (Fsp3) is 0.0909. The molecule has 0 unspecified atom stereocenters. The molecule has 1 heterocycles. The van der Waals surface area contributed by atoms with Gasteiger partial charge in [-0.15, -0.1) is 11.3 Å². The van der Waals surface area contributed by atoms with Crippen LogP contribution < -0.4 is 10.1 Å². The van der Waals surface area contributed by atoms with Crippen LogP contribution in [-0.2, 0) is 0 Å². The Morgan fingerprint density at radius 2 is 2.35 bits per heavy atom. The molecule has 88 valence electrons. The molecular weight excluding hydrogens is 260 g/mol. The molecule has 2 aromatic rings. The van der Waals surface area contributed by atoms with Crippen LogP contribution in [0.4, 0.5) is 5.13 Å². The summed E-state index contributed by atoms with van der Waals surface area (Å²) in [5, 5.41) is 5.42. The van der Waals surface area contributed by atoms with Gasteiger partial charge in [-0.05, 0) is 18.2 Å². The molecule has 0 aliphatic carbocycles. The average Bonchev–Trinajstić information content (AvgIpc) is 2.81. The van der Waals surface area contributed by atoms with Crippen molar-refractivity contribution in [3.05, 3.63) is 40.4 Å². The minimum Gasteiger partial charge on any atom is -0.495 e. The van der Waals surface area contributed by atoms with Crippen LogP contribution in [0.5, 0.6) is 5.75 Å². The molecule has 0 aliphatic rings. The number of nitrogens with zero attached hydrogens (tertiary/aromatic N) is 1. The zero-order valence-electron chi connectivity index (χ0n) is 8.94. The van der Waals surface area contributed by atoms with Crippen LogP contribution in [0.2, 0.25) is 5.02 Å². The number of halogens is 1. The fourth-order valence-corrected chi connectivity index (χ4v) is 2.04. The molecule has 17 heavy (non-hydrogen) atoms. The van der Waals surface area contributed by atoms with Gasteiger partial charge in [-0.1, -0.05) is 11.6 Å². The molecular formula is C11H9ClN2O2S. The number of anilines is 1. The summed E-state index contributed by atoms with van der Waals surface area (Å²) >= 11 is 7.29. The lowest BCUT2D eigenvalue weighted by Gasteiger charge is -2.05. The second-order valence-corrected chi connectivity index (χ2v) is 4.44. The highest BCUT2D eigenvalue weighted by Crippen LogP contribution is 2.25. The van der Waals surface area contributed by atoms with Crippen molar-refractivity contribution in [2.75, 3.05) is 12.4 Å². The second kappa shape index (κ2) is 5.16. The number of carbonyl (C=O) groups excluding carboxylic acids is 1. The Balaban J connectivity index is 2.17. The number of nitrogens with one attached hydrogen (secondary N) is 1. The van der Waals surface area contributed by atoms with Crippen molar-refractivity contribution in [2.24, 2.45) is 0 Å². The van der Waals surface area contributed by atoms with Gasteiger partial charge < -0.3 is 4.74 Å². The van der Waals surface area contributed by atoms with E-state index in [1.165, 1.54) is 18.4 Å². The predicted octanol–water partition coefficient (Wildman–Crippen LogP) is 3.06. The van der Waals surface area contributed by atoms with E-state index in [0.717, 1.165) is 0 Å². The first kappa shape index (κ1) is 11.9. The summed E-state index contributed by atoms with van der Waals surface area (Å²) in [6.45, 7) is 0. The quantitative estimate of drug-likeness (QED) is 0.931. The Morgan fingerprint density at radius 3 is 2.94 bits per heavy atom. The molecule has 0 aliphatic heterocycles. The highest BCUT2D eigenvalue weighted by atomic mass is 35.5. The number of aromatic nitrogens is 1. The Kier molecular flexibility index (Phi) is 3.61. The van der Waals surface area contributed by atoms with E-state index >= 15 is 0 Å². The lowest BCUT2D eigenvalue weighted by atomic mass is 10.2. The van der Waals surface area contributed by atoms with Crippen molar-refractivity contribution in [3.63, 3.8) is 0 Å². The van der Waals surface area contributed by atoms with Crippen molar-refractivity contribution in [1.82, 2.24) is 4.98 Å². The Morgan fingerprint density at radius 1 is 1.53 bits per heavy atom. The van der Waals surface area contributed by atoms with Crippen LogP contribution in [0, 0.1) is 0 Å². The van der Waals surface area contributed by atoms with Crippen molar-refractivity contribution in [2.45, 2.75) is 0 Å². The van der Waals surface area contributed by atoms with E-state index in [1.54, 1.807) is 29.8 Å². The highest BCUT2D eigenvalue weighted by molar-refractivity contribution is 7.13. The Labute approximate surface area is 107 Å². The zero-order chi connectivity index (χ0) is 12.3. The maximum Gasteiger partial charge on any atom is 0.257 e. The van der Waals surface area contributed by atoms with Crippen molar-refractivity contribution >= 4 is 34.0 Å². The summed E-state index contributed by atoms with van der Waals surface area (Å²) in [5.41, 5.74) is 0.464. The monoisotopic (exact) mass is 268 g/mol. The van der Waals surface area contributed by atoms with E-state index < -0.39 is 0 Å². The summed E-state index contributed by atoms with van der Waals surface area (Å²) in [5.74, 6) is 0.293. The minimum atomic E-state index is -0.246. The lowest BCUT2D eigenvalue weighted by molar-refractivity contribution is 0.102. The van der Waals surface area contributed by atoms with E-state index in [1.807, 2.05) is 0 Å². The minimum absolute atomic E-state index is 0.246. The molecule has 0 saturated heterocycles. The summed E-state index contributed by atoms with van der Waals surface area (Å²) in [6.07, 6.45) is 1.63. The van der Waals surface area contributed by atoms with Gasteiger partial charge in [-0.25, -0.2) is 4.98 Å². The topological polar surface area (TPSA) is 51.2 Å². The van der Waals surface area contributed by atoms with E-state index in [2.05, 4.69) is 10.3 Å². The zero-order valence-corrected chi connectivity index (χ0v) is 10.5. The number of ether oxygens (including phenoxy) is 1. The van der Waals surface area contributed by atoms with Crippen LogP contribution in [0.1, 0.15) is 10.4 Å². The van der Waals surface area contributed by atoms with E-state index in [9.17, 15) is 4.79 Å². The molecule has 0 spiro atoms. The largest absolute Gasteiger partial charge is 0.495 e. The van der Waals surface area contributed by atoms with Gasteiger partial charge in [0.15, 0.2) is 5.13 Å². The average molecular weight is 269 g/mol. The Hall–Kier alpha value is -1.59. The van der Waals surface area contributed by atoms with Gasteiger partial charge in [0.05, 0.1) is 12.1 Å². The van der Waals surface area contributed by atoms with Crippen molar-refractivity contribution < 1.29 is 9.53 Å². The lowest BCUT2D eigenvalue weighted by Crippen LogP contribution is -2.11. The maximum absolute atomic E-state index is 11.8. The van der Waals surface area contributed by atoms with Gasteiger partial charge in [0, 0.05) is 17.1 Å². The number of carbonyl (C=O) groups is 1.